The number of anilines is 1. The Morgan fingerprint density at radius 2 is 1.71 bits per heavy atom. The summed E-state index contributed by atoms with van der Waals surface area (Å²) in [5, 5.41) is 10.1. The summed E-state index contributed by atoms with van der Waals surface area (Å²) < 4.78 is 24.4. The van der Waals surface area contributed by atoms with Crippen molar-refractivity contribution in [1.82, 2.24) is 0 Å². The fourth-order valence-corrected chi connectivity index (χ4v) is 2.91. The number of nitrogens with two attached hydrogens (primary N) is 1. The number of nitrogen functional groups attached to an aromatic ring is 1. The van der Waals surface area contributed by atoms with Gasteiger partial charge in [-0.1, -0.05) is 18.2 Å². The van der Waals surface area contributed by atoms with E-state index in [1.807, 2.05) is 0 Å². The first-order chi connectivity index (χ1) is 7.96. The Bertz CT molecular complexity index is 572. The molecule has 1 aromatic rings. The lowest BCUT2D eigenvalue weighted by atomic mass is 10.1. The fraction of sp³-hybridized carbons (Fsp3) is 0.0833. The molecule has 1 unspecified atom stereocenters. The Morgan fingerprint density at radius 1 is 1.06 bits per heavy atom. The van der Waals surface area contributed by atoms with E-state index in [2.05, 4.69) is 0 Å². The molecule has 0 bridgehead atoms. The van der Waals surface area contributed by atoms with Crippen molar-refractivity contribution in [2.24, 2.45) is 0 Å². The Labute approximate surface area is 100.0 Å². The molecule has 5 heteroatoms. The number of allylic oxidation sites excluding steroid dienone is 2. The zero-order chi connectivity index (χ0) is 12.5. The quantitative estimate of drug-likeness (QED) is 0.769. The minimum absolute atomic E-state index is 0.0328. The molecule has 0 aromatic heterocycles. The summed E-state index contributed by atoms with van der Waals surface area (Å²) in [6, 6.07) is 5.72. The lowest BCUT2D eigenvalue weighted by molar-refractivity contribution is 0.210. The third-order valence-electron chi connectivity index (χ3n) is 2.51. The van der Waals surface area contributed by atoms with Crippen LogP contribution in [0.3, 0.4) is 0 Å². The Hall–Kier alpha value is -1.59. The van der Waals surface area contributed by atoms with Gasteiger partial charge in [0.05, 0.1) is 4.90 Å². The Kier molecular flexibility index (Phi) is 2.81. The SMILES string of the molecule is Nc1ccc(S(=O)(=O)C2(O)[CH]C=CC=C2)cc1. The van der Waals surface area contributed by atoms with Gasteiger partial charge in [-0.3, -0.25) is 0 Å². The normalized spacial score (nSPS) is 23.8. The van der Waals surface area contributed by atoms with Crippen LogP contribution >= 0.6 is 0 Å². The third-order valence-corrected chi connectivity index (χ3v) is 4.54. The highest BCUT2D eigenvalue weighted by Gasteiger charge is 2.40. The van der Waals surface area contributed by atoms with Crippen molar-refractivity contribution in [2.75, 3.05) is 5.73 Å². The summed E-state index contributed by atoms with van der Waals surface area (Å²) >= 11 is 0. The maximum atomic E-state index is 12.2. The van der Waals surface area contributed by atoms with Gasteiger partial charge in [0.1, 0.15) is 0 Å². The first kappa shape index (κ1) is 11.9. The molecule has 0 heterocycles. The van der Waals surface area contributed by atoms with E-state index in [-0.39, 0.29) is 4.90 Å². The van der Waals surface area contributed by atoms with Gasteiger partial charge in [-0.2, -0.15) is 0 Å². The smallest absolute Gasteiger partial charge is 0.212 e. The molecule has 0 fully saturated rings. The molecule has 89 valence electrons. The summed E-state index contributed by atoms with van der Waals surface area (Å²) in [5.74, 6) is 0. The van der Waals surface area contributed by atoms with Gasteiger partial charge in [-0.05, 0) is 30.3 Å². The van der Waals surface area contributed by atoms with Gasteiger partial charge in [0.25, 0.3) is 0 Å². The van der Waals surface area contributed by atoms with Crippen LogP contribution in [0.5, 0.6) is 0 Å². The minimum atomic E-state index is -3.87. The number of benzene rings is 1. The van der Waals surface area contributed by atoms with Gasteiger partial charge in [0.15, 0.2) is 4.93 Å². The molecule has 0 saturated heterocycles. The van der Waals surface area contributed by atoms with Crippen LogP contribution in [0.4, 0.5) is 5.69 Å². The van der Waals surface area contributed by atoms with Gasteiger partial charge in [0, 0.05) is 12.1 Å². The van der Waals surface area contributed by atoms with Crippen molar-refractivity contribution in [2.45, 2.75) is 9.83 Å². The van der Waals surface area contributed by atoms with Gasteiger partial charge >= 0.3 is 0 Å². The zero-order valence-electron chi connectivity index (χ0n) is 8.95. The average Bonchev–Trinajstić information content (AvgIpc) is 2.30. The van der Waals surface area contributed by atoms with Crippen molar-refractivity contribution in [3.05, 3.63) is 55.0 Å². The van der Waals surface area contributed by atoms with E-state index in [0.717, 1.165) is 0 Å². The molecule has 3 N–H and O–H groups in total. The molecule has 0 aliphatic heterocycles. The van der Waals surface area contributed by atoms with Gasteiger partial charge in [0.2, 0.25) is 9.84 Å². The topological polar surface area (TPSA) is 80.4 Å². The predicted octanol–water partition coefficient (Wildman–Crippen LogP) is 1.06. The molecule has 1 atom stereocenters. The van der Waals surface area contributed by atoms with Crippen molar-refractivity contribution in [3.8, 4) is 0 Å². The van der Waals surface area contributed by atoms with E-state index in [0.29, 0.717) is 5.69 Å². The molecule has 17 heavy (non-hydrogen) atoms. The van der Waals surface area contributed by atoms with E-state index < -0.39 is 14.8 Å². The Morgan fingerprint density at radius 3 is 2.24 bits per heavy atom. The molecule has 1 aliphatic rings. The largest absolute Gasteiger partial charge is 0.399 e. The third kappa shape index (κ3) is 1.99. The maximum Gasteiger partial charge on any atom is 0.212 e. The van der Waals surface area contributed by atoms with Crippen LogP contribution in [0, 0.1) is 6.42 Å². The summed E-state index contributed by atoms with van der Waals surface area (Å²) in [5.41, 5.74) is 5.96. The number of hydrogen-bond donors (Lipinski definition) is 2. The van der Waals surface area contributed by atoms with Crippen LogP contribution in [-0.2, 0) is 9.84 Å². The Balaban J connectivity index is 2.47. The minimum Gasteiger partial charge on any atom is -0.399 e. The van der Waals surface area contributed by atoms with Crippen molar-refractivity contribution < 1.29 is 13.5 Å². The molecule has 4 nitrogen and oxygen atoms in total. The number of rotatable bonds is 2. The average molecular weight is 250 g/mol. The van der Waals surface area contributed by atoms with Crippen LogP contribution < -0.4 is 5.73 Å². The number of aliphatic hydroxyl groups is 1. The summed E-state index contributed by atoms with van der Waals surface area (Å²) in [6.45, 7) is 0. The molecular formula is C12H12NO3S. The molecule has 2 rings (SSSR count). The first-order valence-electron chi connectivity index (χ1n) is 4.99. The predicted molar refractivity (Wildman–Crippen MR) is 65.6 cm³/mol. The molecular weight excluding hydrogens is 238 g/mol. The lowest BCUT2D eigenvalue weighted by Crippen LogP contribution is -2.37. The molecule has 0 amide bonds. The van der Waals surface area contributed by atoms with Gasteiger partial charge in [-0.15, -0.1) is 0 Å². The second kappa shape index (κ2) is 4.01. The highest BCUT2D eigenvalue weighted by molar-refractivity contribution is 7.93. The molecule has 1 aromatic carbocycles. The first-order valence-corrected chi connectivity index (χ1v) is 6.47. The fourth-order valence-electron chi connectivity index (χ4n) is 1.52. The van der Waals surface area contributed by atoms with Crippen molar-refractivity contribution in [1.29, 1.82) is 0 Å². The van der Waals surface area contributed by atoms with E-state index in [9.17, 15) is 13.5 Å². The zero-order valence-corrected chi connectivity index (χ0v) is 9.76. The molecule has 1 radical (unpaired) electrons. The highest BCUT2D eigenvalue weighted by Crippen LogP contribution is 2.30. The summed E-state index contributed by atoms with van der Waals surface area (Å²) in [6.07, 6.45) is 7.11. The monoisotopic (exact) mass is 250 g/mol. The van der Waals surface area contributed by atoms with Crippen molar-refractivity contribution >= 4 is 15.5 Å². The van der Waals surface area contributed by atoms with Crippen LogP contribution in [-0.4, -0.2) is 18.5 Å². The summed E-state index contributed by atoms with van der Waals surface area (Å²) in [4.78, 5) is -1.96. The molecule has 0 spiro atoms. The van der Waals surface area contributed by atoms with E-state index in [1.165, 1.54) is 48.9 Å². The van der Waals surface area contributed by atoms with Crippen LogP contribution in [0.1, 0.15) is 0 Å². The van der Waals surface area contributed by atoms with Crippen LogP contribution in [0.25, 0.3) is 0 Å². The van der Waals surface area contributed by atoms with E-state index >= 15 is 0 Å². The number of sulfone groups is 1. The van der Waals surface area contributed by atoms with Gasteiger partial charge in [-0.25, -0.2) is 8.42 Å². The summed E-state index contributed by atoms with van der Waals surface area (Å²) in [7, 11) is -3.87. The van der Waals surface area contributed by atoms with Crippen molar-refractivity contribution in [3.63, 3.8) is 0 Å². The second-order valence-electron chi connectivity index (χ2n) is 3.74. The van der Waals surface area contributed by atoms with Gasteiger partial charge < -0.3 is 10.8 Å². The maximum absolute atomic E-state index is 12.2. The lowest BCUT2D eigenvalue weighted by Gasteiger charge is -2.24. The molecule has 1 aliphatic carbocycles. The van der Waals surface area contributed by atoms with E-state index in [1.54, 1.807) is 6.08 Å². The standard InChI is InChI=1S/C12H12NO3S/c13-10-4-6-11(7-5-10)17(15,16)12(14)8-2-1-3-9-12/h1-9,14H,13H2. The second-order valence-corrected chi connectivity index (χ2v) is 5.87. The van der Waals surface area contributed by atoms with E-state index in [4.69, 9.17) is 5.73 Å². The van der Waals surface area contributed by atoms with Crippen LogP contribution in [0.15, 0.2) is 53.5 Å². The highest BCUT2D eigenvalue weighted by atomic mass is 32.2. The van der Waals surface area contributed by atoms with Crippen LogP contribution in [0.2, 0.25) is 0 Å². The molecule has 0 saturated carbocycles. The number of hydrogen-bond acceptors (Lipinski definition) is 4.